The number of hydrogen-bond acceptors (Lipinski definition) is 4. The minimum atomic E-state index is 0.446. The highest BCUT2D eigenvalue weighted by Gasteiger charge is 2.31. The number of aromatic nitrogens is 2. The van der Waals surface area contributed by atoms with Crippen LogP contribution in [-0.4, -0.2) is 34.9 Å². The summed E-state index contributed by atoms with van der Waals surface area (Å²) in [5.74, 6) is 1.30. The quantitative estimate of drug-likeness (QED) is 0.820. The van der Waals surface area contributed by atoms with Gasteiger partial charge in [-0.15, -0.1) is 11.3 Å². The number of thiophene rings is 1. The minimum Gasteiger partial charge on any atom is -0.384 e. The summed E-state index contributed by atoms with van der Waals surface area (Å²) in [6, 6.07) is 4.37. The highest BCUT2D eigenvalue weighted by molar-refractivity contribution is 7.09. The van der Waals surface area contributed by atoms with Crippen LogP contribution in [0.2, 0.25) is 0 Å². The SMILES string of the molecule is COC[C@H]1CN(Cc2cccs2)Cc2c1cnn2CC1CC1. The maximum atomic E-state index is 5.46. The summed E-state index contributed by atoms with van der Waals surface area (Å²) >= 11 is 1.84. The lowest BCUT2D eigenvalue weighted by atomic mass is 9.95. The fraction of sp³-hybridized carbons (Fsp3) is 0.588. The highest BCUT2D eigenvalue weighted by atomic mass is 32.1. The number of methoxy groups -OCH3 is 1. The number of ether oxygens (including phenoxy) is 1. The van der Waals surface area contributed by atoms with Crippen molar-refractivity contribution in [2.24, 2.45) is 5.92 Å². The van der Waals surface area contributed by atoms with E-state index in [-0.39, 0.29) is 0 Å². The molecule has 5 heteroatoms. The number of fused-ring (bicyclic) bond motifs is 1. The zero-order valence-corrected chi connectivity index (χ0v) is 13.9. The molecule has 0 N–H and O–H groups in total. The average Bonchev–Trinajstić information content (AvgIpc) is 3.01. The third-order valence-corrected chi connectivity index (χ3v) is 5.59. The lowest BCUT2D eigenvalue weighted by molar-refractivity contribution is 0.134. The van der Waals surface area contributed by atoms with Gasteiger partial charge in [0.25, 0.3) is 0 Å². The topological polar surface area (TPSA) is 30.3 Å². The fourth-order valence-electron chi connectivity index (χ4n) is 3.41. The van der Waals surface area contributed by atoms with Crippen LogP contribution in [0.5, 0.6) is 0 Å². The van der Waals surface area contributed by atoms with Crippen LogP contribution < -0.4 is 0 Å². The van der Waals surface area contributed by atoms with Gasteiger partial charge >= 0.3 is 0 Å². The van der Waals surface area contributed by atoms with Crippen molar-refractivity contribution in [2.45, 2.75) is 38.4 Å². The van der Waals surface area contributed by atoms with Gasteiger partial charge in [-0.3, -0.25) is 9.58 Å². The third-order valence-electron chi connectivity index (χ3n) is 4.73. The molecule has 0 saturated heterocycles. The lowest BCUT2D eigenvalue weighted by Gasteiger charge is -2.32. The smallest absolute Gasteiger partial charge is 0.0560 e. The molecular weight excluding hydrogens is 294 g/mol. The molecular formula is C17H23N3OS. The van der Waals surface area contributed by atoms with E-state index in [0.29, 0.717) is 5.92 Å². The summed E-state index contributed by atoms with van der Waals surface area (Å²) < 4.78 is 7.72. The summed E-state index contributed by atoms with van der Waals surface area (Å²) in [6.07, 6.45) is 4.83. The summed E-state index contributed by atoms with van der Waals surface area (Å²) in [4.78, 5) is 3.98. The molecule has 118 valence electrons. The molecule has 1 saturated carbocycles. The van der Waals surface area contributed by atoms with Gasteiger partial charge in [-0.1, -0.05) is 6.07 Å². The third kappa shape index (κ3) is 2.98. The first-order valence-electron chi connectivity index (χ1n) is 8.11. The van der Waals surface area contributed by atoms with E-state index in [1.54, 1.807) is 7.11 Å². The lowest BCUT2D eigenvalue weighted by Crippen LogP contribution is -2.35. The van der Waals surface area contributed by atoms with Crippen molar-refractivity contribution in [1.29, 1.82) is 0 Å². The zero-order chi connectivity index (χ0) is 14.9. The Balaban J connectivity index is 1.56. The van der Waals surface area contributed by atoms with E-state index < -0.39 is 0 Å². The van der Waals surface area contributed by atoms with Crippen molar-refractivity contribution in [3.63, 3.8) is 0 Å². The van der Waals surface area contributed by atoms with E-state index in [0.717, 1.165) is 38.7 Å². The van der Waals surface area contributed by atoms with Crippen LogP contribution in [0.3, 0.4) is 0 Å². The molecule has 0 aromatic carbocycles. The first-order valence-corrected chi connectivity index (χ1v) is 8.99. The Morgan fingerprint density at radius 1 is 1.41 bits per heavy atom. The van der Waals surface area contributed by atoms with Crippen molar-refractivity contribution < 1.29 is 4.74 Å². The van der Waals surface area contributed by atoms with Crippen LogP contribution in [0.25, 0.3) is 0 Å². The Morgan fingerprint density at radius 2 is 2.32 bits per heavy atom. The van der Waals surface area contributed by atoms with Crippen LogP contribution in [-0.2, 0) is 24.4 Å². The molecule has 22 heavy (non-hydrogen) atoms. The predicted octanol–water partition coefficient (Wildman–Crippen LogP) is 3.10. The van der Waals surface area contributed by atoms with Gasteiger partial charge in [0.15, 0.2) is 0 Å². The Morgan fingerprint density at radius 3 is 3.05 bits per heavy atom. The van der Waals surface area contributed by atoms with Gasteiger partial charge in [-0.2, -0.15) is 5.10 Å². The second-order valence-electron chi connectivity index (χ2n) is 6.57. The Labute approximate surface area is 135 Å². The van der Waals surface area contributed by atoms with Crippen molar-refractivity contribution in [2.75, 3.05) is 20.3 Å². The van der Waals surface area contributed by atoms with Crippen LogP contribution in [0.1, 0.15) is 34.9 Å². The van der Waals surface area contributed by atoms with Gasteiger partial charge in [-0.25, -0.2) is 0 Å². The van der Waals surface area contributed by atoms with Crippen molar-refractivity contribution in [3.8, 4) is 0 Å². The molecule has 1 aliphatic heterocycles. The van der Waals surface area contributed by atoms with Crippen molar-refractivity contribution in [3.05, 3.63) is 39.8 Å². The Kier molecular flexibility index (Phi) is 4.03. The molecule has 4 rings (SSSR count). The zero-order valence-electron chi connectivity index (χ0n) is 13.1. The molecule has 3 heterocycles. The van der Waals surface area contributed by atoms with Crippen LogP contribution in [0.15, 0.2) is 23.7 Å². The number of nitrogens with zero attached hydrogens (tertiary/aromatic N) is 3. The second kappa shape index (κ2) is 6.14. The van der Waals surface area contributed by atoms with Gasteiger partial charge in [0, 0.05) is 49.6 Å². The highest BCUT2D eigenvalue weighted by Crippen LogP contribution is 2.34. The Bertz CT molecular complexity index is 618. The molecule has 0 amide bonds. The molecule has 1 fully saturated rings. The molecule has 1 atom stereocenters. The summed E-state index contributed by atoms with van der Waals surface area (Å²) in [5.41, 5.74) is 2.82. The van der Waals surface area contributed by atoms with Gasteiger partial charge in [0.2, 0.25) is 0 Å². The molecule has 0 bridgehead atoms. The first-order chi connectivity index (χ1) is 10.8. The monoisotopic (exact) mass is 317 g/mol. The average molecular weight is 317 g/mol. The molecule has 2 aromatic heterocycles. The number of hydrogen-bond donors (Lipinski definition) is 0. The summed E-state index contributed by atoms with van der Waals surface area (Å²) in [5, 5.41) is 6.84. The molecule has 2 aliphatic rings. The van der Waals surface area contributed by atoms with E-state index >= 15 is 0 Å². The van der Waals surface area contributed by atoms with Gasteiger partial charge in [0.1, 0.15) is 0 Å². The minimum absolute atomic E-state index is 0.446. The molecule has 0 radical (unpaired) electrons. The maximum Gasteiger partial charge on any atom is 0.0560 e. The summed E-state index contributed by atoms with van der Waals surface area (Å²) in [7, 11) is 1.80. The van der Waals surface area contributed by atoms with E-state index in [4.69, 9.17) is 4.74 Å². The van der Waals surface area contributed by atoms with Crippen LogP contribution >= 0.6 is 11.3 Å². The van der Waals surface area contributed by atoms with Crippen LogP contribution in [0.4, 0.5) is 0 Å². The van der Waals surface area contributed by atoms with Gasteiger partial charge in [0.05, 0.1) is 18.5 Å². The van der Waals surface area contributed by atoms with E-state index in [2.05, 4.69) is 38.4 Å². The second-order valence-corrected chi connectivity index (χ2v) is 7.61. The number of rotatable bonds is 6. The normalized spacial score (nSPS) is 22.0. The van der Waals surface area contributed by atoms with E-state index in [9.17, 15) is 0 Å². The largest absolute Gasteiger partial charge is 0.384 e. The first kappa shape index (κ1) is 14.4. The van der Waals surface area contributed by atoms with Crippen molar-refractivity contribution >= 4 is 11.3 Å². The Hall–Kier alpha value is -1.17. The molecule has 1 aliphatic carbocycles. The molecule has 4 nitrogen and oxygen atoms in total. The van der Waals surface area contributed by atoms with Crippen LogP contribution in [0, 0.1) is 5.92 Å². The van der Waals surface area contributed by atoms with E-state index in [1.807, 2.05) is 11.3 Å². The predicted molar refractivity (Wildman–Crippen MR) is 88.0 cm³/mol. The maximum absolute atomic E-state index is 5.46. The standard InChI is InChI=1S/C17H23N3OS/c1-21-12-14-9-19(10-15-3-2-6-22-15)11-17-16(14)7-18-20(17)8-13-4-5-13/h2-3,6-7,13-14H,4-5,8-12H2,1H3/t14-/m1/s1. The fourth-order valence-corrected chi connectivity index (χ4v) is 4.16. The van der Waals surface area contributed by atoms with Crippen molar-refractivity contribution in [1.82, 2.24) is 14.7 Å². The van der Waals surface area contributed by atoms with Gasteiger partial charge in [-0.05, 0) is 30.2 Å². The molecule has 2 aromatic rings. The molecule has 0 unspecified atom stereocenters. The van der Waals surface area contributed by atoms with E-state index in [1.165, 1.54) is 29.0 Å². The summed E-state index contributed by atoms with van der Waals surface area (Å²) in [6.45, 7) is 4.99. The molecule has 0 spiro atoms. The van der Waals surface area contributed by atoms with Gasteiger partial charge < -0.3 is 4.74 Å².